The van der Waals surface area contributed by atoms with Gasteiger partial charge in [0.1, 0.15) is 6.54 Å². The van der Waals surface area contributed by atoms with Crippen molar-refractivity contribution in [2.24, 2.45) is 9.98 Å². The number of nitrogens with one attached hydrogen (secondary N) is 1. The fourth-order valence-electron chi connectivity index (χ4n) is 2.85. The highest BCUT2D eigenvalue weighted by atomic mass is 16.2. The first-order valence-corrected chi connectivity index (χ1v) is 10.5. The highest BCUT2D eigenvalue weighted by Crippen LogP contribution is 2.13. The molecule has 0 bridgehead atoms. The smallest absolute Gasteiger partial charge is 0.246 e. The number of rotatable bonds is 6. The third-order valence-electron chi connectivity index (χ3n) is 4.68. The van der Waals surface area contributed by atoms with Gasteiger partial charge in [0.25, 0.3) is 0 Å². The molecule has 1 aliphatic rings. The molecule has 0 saturated carbocycles. The lowest BCUT2D eigenvalue weighted by atomic mass is 10.1. The lowest BCUT2D eigenvalue weighted by Gasteiger charge is -2.33. The van der Waals surface area contributed by atoms with E-state index in [-0.39, 0.29) is 18.4 Å². The van der Waals surface area contributed by atoms with Gasteiger partial charge >= 0.3 is 0 Å². The van der Waals surface area contributed by atoms with E-state index in [2.05, 4.69) is 28.8 Å². The van der Waals surface area contributed by atoms with Crippen LogP contribution in [-0.4, -0.2) is 66.5 Å². The minimum atomic E-state index is -0.193. The zero-order valence-electron chi connectivity index (χ0n) is 18.9. The van der Waals surface area contributed by atoms with E-state index in [0.717, 1.165) is 29.8 Å². The number of carbonyl (C=O) groups excluding carboxylic acids is 2. The molecule has 0 aliphatic carbocycles. The van der Waals surface area contributed by atoms with Crippen LogP contribution < -0.4 is 5.32 Å². The van der Waals surface area contributed by atoms with Crippen LogP contribution in [0.3, 0.4) is 0 Å². The van der Waals surface area contributed by atoms with Crippen molar-refractivity contribution in [3.63, 3.8) is 0 Å². The maximum Gasteiger partial charge on any atom is 0.246 e. The van der Waals surface area contributed by atoms with Gasteiger partial charge in [0, 0.05) is 38.1 Å². The molecule has 1 aliphatic heterocycles. The van der Waals surface area contributed by atoms with Gasteiger partial charge in [-0.2, -0.15) is 0 Å². The van der Waals surface area contributed by atoms with Crippen molar-refractivity contribution in [3.05, 3.63) is 42.5 Å². The molecule has 0 spiro atoms. The number of amides is 2. The highest BCUT2D eigenvalue weighted by molar-refractivity contribution is 6.02. The summed E-state index contributed by atoms with van der Waals surface area (Å²) in [6.45, 7) is 13.3. The van der Waals surface area contributed by atoms with E-state index in [1.54, 1.807) is 11.9 Å². The third kappa shape index (κ3) is 7.81. The fraction of sp³-hybridized carbons (Fsp3) is 0.478. The maximum absolute atomic E-state index is 12.3. The van der Waals surface area contributed by atoms with Gasteiger partial charge in [-0.15, -0.1) is 0 Å². The molecule has 164 valence electrons. The normalized spacial score (nSPS) is 14.8. The molecule has 30 heavy (non-hydrogen) atoms. The van der Waals surface area contributed by atoms with Gasteiger partial charge < -0.3 is 15.1 Å². The number of guanidine groups is 1. The number of piperazine rings is 1. The number of hydrogen-bond acceptors (Lipinski definition) is 3. The van der Waals surface area contributed by atoms with Crippen LogP contribution in [0.1, 0.15) is 39.7 Å². The summed E-state index contributed by atoms with van der Waals surface area (Å²) in [5, 5.41) is 3.23. The predicted octanol–water partition coefficient (Wildman–Crippen LogP) is 3.38. The van der Waals surface area contributed by atoms with Gasteiger partial charge in [0.05, 0.1) is 0 Å². The molecule has 2 rings (SSSR count). The van der Waals surface area contributed by atoms with Crippen LogP contribution in [0.4, 0.5) is 5.69 Å². The van der Waals surface area contributed by atoms with E-state index in [0.29, 0.717) is 25.6 Å². The number of aliphatic imine (C=N–C) groups is 2. The minimum absolute atomic E-state index is 0.0273. The van der Waals surface area contributed by atoms with Gasteiger partial charge in [-0.25, -0.2) is 4.99 Å². The third-order valence-corrected chi connectivity index (χ3v) is 4.68. The Bertz CT molecular complexity index is 786. The maximum atomic E-state index is 12.3. The summed E-state index contributed by atoms with van der Waals surface area (Å²) in [6.07, 6.45) is 2.87. The monoisotopic (exact) mass is 413 g/mol. The Balaban J connectivity index is 0.00000218. The highest BCUT2D eigenvalue weighted by Gasteiger charge is 2.25. The van der Waals surface area contributed by atoms with Crippen LogP contribution in [0, 0.1) is 0 Å². The van der Waals surface area contributed by atoms with Gasteiger partial charge in [-0.1, -0.05) is 39.5 Å². The largest absolute Gasteiger partial charge is 0.339 e. The molecule has 0 aromatic heterocycles. The van der Waals surface area contributed by atoms with Gasteiger partial charge in [0.15, 0.2) is 0 Å². The zero-order valence-corrected chi connectivity index (χ0v) is 18.9. The van der Waals surface area contributed by atoms with Crippen molar-refractivity contribution in [2.45, 2.75) is 40.5 Å². The van der Waals surface area contributed by atoms with E-state index in [1.807, 2.05) is 45.0 Å². The van der Waals surface area contributed by atoms with Gasteiger partial charge in [0.2, 0.25) is 17.8 Å². The first-order chi connectivity index (χ1) is 14.5. The van der Waals surface area contributed by atoms with Crippen molar-refractivity contribution in [1.29, 1.82) is 0 Å². The average Bonchev–Trinajstić information content (AvgIpc) is 2.78. The van der Waals surface area contributed by atoms with E-state index in [1.165, 1.54) is 11.0 Å². The molecule has 1 N–H and O–H groups in total. The van der Waals surface area contributed by atoms with Crippen molar-refractivity contribution in [1.82, 2.24) is 9.80 Å². The fourth-order valence-corrected chi connectivity index (χ4v) is 2.85. The number of benzene rings is 1. The molecule has 2 amide bonds. The molecule has 1 aromatic carbocycles. The Morgan fingerprint density at radius 3 is 2.63 bits per heavy atom. The first-order valence-electron chi connectivity index (χ1n) is 10.5. The summed E-state index contributed by atoms with van der Waals surface area (Å²) in [5.41, 5.74) is 3.05. The second kappa shape index (κ2) is 13.3. The summed E-state index contributed by atoms with van der Waals surface area (Å²) in [7, 11) is 1.71. The van der Waals surface area contributed by atoms with Crippen LogP contribution in [-0.2, 0) is 16.0 Å². The molecule has 1 fully saturated rings. The van der Waals surface area contributed by atoms with Crippen LogP contribution >= 0.6 is 0 Å². The second-order valence-electron chi connectivity index (χ2n) is 6.67. The van der Waals surface area contributed by atoms with Crippen molar-refractivity contribution < 1.29 is 9.59 Å². The molecule has 1 aromatic rings. The van der Waals surface area contributed by atoms with Crippen LogP contribution in [0.2, 0.25) is 0 Å². The molecule has 1 saturated heterocycles. The number of hydrogen-bond donors (Lipinski definition) is 1. The van der Waals surface area contributed by atoms with E-state index in [9.17, 15) is 9.59 Å². The van der Waals surface area contributed by atoms with Crippen molar-refractivity contribution in [3.8, 4) is 0 Å². The SMILES string of the molecule is C=CC(=O)N1CCN(CCc2cccc(NC(=NC)/N=C(/C)CC)c2)C(=O)C1.CC. The molecule has 0 radical (unpaired) electrons. The zero-order chi connectivity index (χ0) is 22.5. The average molecular weight is 414 g/mol. The topological polar surface area (TPSA) is 77.4 Å². The molecule has 7 heteroatoms. The van der Waals surface area contributed by atoms with E-state index in [4.69, 9.17) is 0 Å². The Kier molecular flexibility index (Phi) is 11.1. The van der Waals surface area contributed by atoms with Crippen LogP contribution in [0.25, 0.3) is 0 Å². The summed E-state index contributed by atoms with van der Waals surface area (Å²) >= 11 is 0. The summed E-state index contributed by atoms with van der Waals surface area (Å²) in [4.78, 5) is 35.9. The van der Waals surface area contributed by atoms with Crippen LogP contribution in [0.5, 0.6) is 0 Å². The quantitative estimate of drug-likeness (QED) is 0.441. The second-order valence-corrected chi connectivity index (χ2v) is 6.67. The van der Waals surface area contributed by atoms with Crippen molar-refractivity contribution in [2.75, 3.05) is 38.5 Å². The van der Waals surface area contributed by atoms with Crippen molar-refractivity contribution >= 4 is 29.2 Å². The molecule has 0 unspecified atom stereocenters. The van der Waals surface area contributed by atoms with Crippen LogP contribution in [0.15, 0.2) is 46.9 Å². The first kappa shape index (κ1) is 25.1. The summed E-state index contributed by atoms with van der Waals surface area (Å²) in [5.74, 6) is 0.358. The standard InChI is InChI=1S/C21H29N5O2.C2H6/c1-5-16(3)23-21(22-4)24-18-9-7-8-17(14-18)10-11-25-12-13-26(15-20(25)28)19(27)6-2;1-2/h6-9,14H,2,5,10-13,15H2,1,3-4H3,(H,22,24);1-2H3/b23-16-;. The molecule has 0 atom stereocenters. The number of carbonyl (C=O) groups is 2. The molecule has 7 nitrogen and oxygen atoms in total. The molecular weight excluding hydrogens is 378 g/mol. The molecular formula is C23H35N5O2. The Labute approximate surface area is 180 Å². The summed E-state index contributed by atoms with van der Waals surface area (Å²) in [6, 6.07) is 8.03. The number of nitrogens with zero attached hydrogens (tertiary/aromatic N) is 4. The lowest BCUT2D eigenvalue weighted by Crippen LogP contribution is -2.52. The van der Waals surface area contributed by atoms with E-state index >= 15 is 0 Å². The van der Waals surface area contributed by atoms with E-state index < -0.39 is 0 Å². The minimum Gasteiger partial charge on any atom is -0.339 e. The Morgan fingerprint density at radius 2 is 2.03 bits per heavy atom. The van der Waals surface area contributed by atoms with Gasteiger partial charge in [-0.05, 0) is 43.5 Å². The predicted molar refractivity (Wildman–Crippen MR) is 125 cm³/mol. The lowest BCUT2D eigenvalue weighted by molar-refractivity contribution is -0.142. The van der Waals surface area contributed by atoms with Gasteiger partial charge in [-0.3, -0.25) is 14.6 Å². The summed E-state index contributed by atoms with van der Waals surface area (Å²) < 4.78 is 0. The molecule has 1 heterocycles. The number of anilines is 1. The Hall–Kier alpha value is -2.96. The Morgan fingerprint density at radius 1 is 1.30 bits per heavy atom.